The van der Waals surface area contributed by atoms with Crippen molar-refractivity contribution >= 4 is 34.4 Å². The zero-order valence-corrected chi connectivity index (χ0v) is 18.3. The monoisotopic (exact) mass is 440 g/mol. The molecule has 0 unspecified atom stereocenters. The Morgan fingerprint density at radius 2 is 1.90 bits per heavy atom. The van der Waals surface area contributed by atoms with Gasteiger partial charge in [0.05, 0.1) is 17.4 Å². The van der Waals surface area contributed by atoms with Crippen molar-refractivity contribution < 1.29 is 14.3 Å². The largest absolute Gasteiger partial charge is 0.484 e. The quantitative estimate of drug-likeness (QED) is 0.634. The van der Waals surface area contributed by atoms with E-state index in [0.717, 1.165) is 22.2 Å². The minimum Gasteiger partial charge on any atom is -0.484 e. The number of likely N-dealkylation sites (tertiary alicyclic amines) is 1. The van der Waals surface area contributed by atoms with Crippen LogP contribution in [0.25, 0.3) is 11.0 Å². The SMILES string of the molecule is Cc1cc(OCC(=O)NC2CCN(C(=O)c3ccc4nc[nH]c4c3)CC2)cc(C)c1Cl. The highest BCUT2D eigenvalue weighted by Gasteiger charge is 2.25. The molecule has 2 amide bonds. The van der Waals surface area contributed by atoms with E-state index in [4.69, 9.17) is 16.3 Å². The van der Waals surface area contributed by atoms with Crippen LogP contribution < -0.4 is 10.1 Å². The highest BCUT2D eigenvalue weighted by atomic mass is 35.5. The van der Waals surface area contributed by atoms with E-state index in [1.54, 1.807) is 12.4 Å². The van der Waals surface area contributed by atoms with Gasteiger partial charge >= 0.3 is 0 Å². The van der Waals surface area contributed by atoms with Gasteiger partial charge in [-0.2, -0.15) is 0 Å². The van der Waals surface area contributed by atoms with Crippen molar-refractivity contribution in [3.63, 3.8) is 0 Å². The molecule has 31 heavy (non-hydrogen) atoms. The van der Waals surface area contributed by atoms with Crippen LogP contribution in [-0.2, 0) is 4.79 Å². The summed E-state index contributed by atoms with van der Waals surface area (Å²) in [6.45, 7) is 4.96. The Balaban J connectivity index is 1.26. The zero-order chi connectivity index (χ0) is 22.0. The number of piperidine rings is 1. The molecule has 0 aliphatic carbocycles. The average Bonchev–Trinajstić information content (AvgIpc) is 3.24. The molecular formula is C23H25ClN4O3. The number of carbonyl (C=O) groups is 2. The van der Waals surface area contributed by atoms with E-state index in [9.17, 15) is 9.59 Å². The molecule has 0 radical (unpaired) electrons. The van der Waals surface area contributed by atoms with Crippen molar-refractivity contribution in [1.29, 1.82) is 0 Å². The Kier molecular flexibility index (Phi) is 6.13. The lowest BCUT2D eigenvalue weighted by Gasteiger charge is -2.32. The Morgan fingerprint density at radius 3 is 2.61 bits per heavy atom. The van der Waals surface area contributed by atoms with E-state index in [1.807, 2.05) is 43.0 Å². The van der Waals surface area contributed by atoms with Gasteiger partial charge in [-0.25, -0.2) is 4.98 Å². The number of carbonyl (C=O) groups excluding carboxylic acids is 2. The van der Waals surface area contributed by atoms with E-state index in [2.05, 4.69) is 15.3 Å². The number of nitrogens with one attached hydrogen (secondary N) is 2. The normalized spacial score (nSPS) is 14.6. The second-order valence-corrected chi connectivity index (χ2v) is 8.31. The van der Waals surface area contributed by atoms with Gasteiger partial charge in [-0.15, -0.1) is 0 Å². The molecule has 7 nitrogen and oxygen atoms in total. The Morgan fingerprint density at radius 1 is 1.19 bits per heavy atom. The van der Waals surface area contributed by atoms with Gasteiger partial charge in [0.2, 0.25) is 0 Å². The van der Waals surface area contributed by atoms with E-state index < -0.39 is 0 Å². The van der Waals surface area contributed by atoms with Gasteiger partial charge in [0.1, 0.15) is 5.75 Å². The smallest absolute Gasteiger partial charge is 0.258 e. The van der Waals surface area contributed by atoms with Crippen LogP contribution in [-0.4, -0.2) is 52.4 Å². The number of fused-ring (bicyclic) bond motifs is 1. The maximum absolute atomic E-state index is 12.8. The molecule has 1 aromatic heterocycles. The first kappa shape index (κ1) is 21.2. The van der Waals surface area contributed by atoms with Crippen molar-refractivity contribution in [1.82, 2.24) is 20.2 Å². The molecule has 3 aromatic rings. The third-order valence-electron chi connectivity index (χ3n) is 5.59. The van der Waals surface area contributed by atoms with Crippen LogP contribution >= 0.6 is 11.6 Å². The number of imidazole rings is 1. The van der Waals surface area contributed by atoms with Crippen LogP contribution in [0.3, 0.4) is 0 Å². The van der Waals surface area contributed by atoms with E-state index in [0.29, 0.717) is 42.3 Å². The van der Waals surface area contributed by atoms with Crippen molar-refractivity contribution in [3.8, 4) is 5.75 Å². The number of aromatic nitrogens is 2. The summed E-state index contributed by atoms with van der Waals surface area (Å²) in [6, 6.07) is 9.16. The van der Waals surface area contributed by atoms with Gasteiger partial charge in [0, 0.05) is 29.7 Å². The Bertz CT molecular complexity index is 1100. The summed E-state index contributed by atoms with van der Waals surface area (Å²) in [5.41, 5.74) is 4.16. The third-order valence-corrected chi connectivity index (χ3v) is 6.19. The van der Waals surface area contributed by atoms with Gasteiger partial charge in [0.25, 0.3) is 11.8 Å². The van der Waals surface area contributed by atoms with Crippen LogP contribution in [0.5, 0.6) is 5.75 Å². The molecule has 1 aliphatic heterocycles. The fourth-order valence-electron chi connectivity index (χ4n) is 3.89. The van der Waals surface area contributed by atoms with Crippen molar-refractivity contribution in [2.45, 2.75) is 32.7 Å². The number of hydrogen-bond donors (Lipinski definition) is 2. The molecule has 0 atom stereocenters. The maximum atomic E-state index is 12.8. The van der Waals surface area contributed by atoms with E-state index in [1.165, 1.54) is 0 Å². The summed E-state index contributed by atoms with van der Waals surface area (Å²) in [6.07, 6.45) is 3.04. The summed E-state index contributed by atoms with van der Waals surface area (Å²) in [7, 11) is 0. The first-order chi connectivity index (χ1) is 14.9. The minimum atomic E-state index is -0.167. The molecule has 1 aliphatic rings. The van der Waals surface area contributed by atoms with Crippen LogP contribution in [0, 0.1) is 13.8 Å². The molecule has 1 saturated heterocycles. The number of hydrogen-bond acceptors (Lipinski definition) is 4. The Labute approximate surface area is 185 Å². The number of H-pyrrole nitrogens is 1. The lowest BCUT2D eigenvalue weighted by atomic mass is 10.0. The van der Waals surface area contributed by atoms with Crippen molar-refractivity contribution in [2.24, 2.45) is 0 Å². The molecule has 4 rings (SSSR count). The molecular weight excluding hydrogens is 416 g/mol. The number of benzene rings is 2. The summed E-state index contributed by atoms with van der Waals surface area (Å²) >= 11 is 6.17. The van der Waals surface area contributed by atoms with Gasteiger partial charge in [-0.05, 0) is 68.1 Å². The molecule has 0 spiro atoms. The molecule has 2 N–H and O–H groups in total. The molecule has 162 valence electrons. The number of aromatic amines is 1. The number of nitrogens with zero attached hydrogens (tertiary/aromatic N) is 2. The fourth-order valence-corrected chi connectivity index (χ4v) is 3.99. The second-order valence-electron chi connectivity index (χ2n) is 7.93. The summed E-state index contributed by atoms with van der Waals surface area (Å²) in [5.74, 6) is 0.460. The van der Waals surface area contributed by atoms with Crippen LogP contribution in [0.4, 0.5) is 0 Å². The molecule has 0 bridgehead atoms. The van der Waals surface area contributed by atoms with Gasteiger partial charge in [-0.1, -0.05) is 11.6 Å². The maximum Gasteiger partial charge on any atom is 0.258 e. The van der Waals surface area contributed by atoms with Gasteiger partial charge in [-0.3, -0.25) is 9.59 Å². The average molecular weight is 441 g/mol. The first-order valence-electron chi connectivity index (χ1n) is 10.3. The fraction of sp³-hybridized carbons (Fsp3) is 0.348. The highest BCUT2D eigenvalue weighted by Crippen LogP contribution is 2.25. The number of ether oxygens (including phenoxy) is 1. The lowest BCUT2D eigenvalue weighted by Crippen LogP contribution is -2.47. The predicted octanol–water partition coefficient (Wildman–Crippen LogP) is 3.63. The van der Waals surface area contributed by atoms with Crippen molar-refractivity contribution in [2.75, 3.05) is 19.7 Å². The van der Waals surface area contributed by atoms with Crippen LogP contribution in [0.2, 0.25) is 5.02 Å². The molecule has 2 aromatic carbocycles. The molecule has 0 saturated carbocycles. The molecule has 1 fully saturated rings. The summed E-state index contributed by atoms with van der Waals surface area (Å²) in [4.78, 5) is 34.2. The zero-order valence-electron chi connectivity index (χ0n) is 17.6. The number of rotatable bonds is 5. The molecule has 8 heteroatoms. The topological polar surface area (TPSA) is 87.3 Å². The standard InChI is InChI=1S/C23H25ClN4O3/c1-14-9-18(10-15(2)22(14)24)31-12-21(29)27-17-5-7-28(8-6-17)23(30)16-3-4-19-20(11-16)26-13-25-19/h3-4,9-11,13,17H,5-8,12H2,1-2H3,(H,25,26)(H,27,29). The van der Waals surface area contributed by atoms with Crippen molar-refractivity contribution in [3.05, 3.63) is 58.4 Å². The number of halogens is 1. The lowest BCUT2D eigenvalue weighted by molar-refractivity contribution is -0.124. The summed E-state index contributed by atoms with van der Waals surface area (Å²) < 4.78 is 5.63. The number of amides is 2. The second kappa shape index (κ2) is 8.98. The third kappa shape index (κ3) is 4.82. The predicted molar refractivity (Wildman–Crippen MR) is 120 cm³/mol. The van der Waals surface area contributed by atoms with Gasteiger partial charge in [0.15, 0.2) is 6.61 Å². The van der Waals surface area contributed by atoms with Crippen LogP contribution in [0.15, 0.2) is 36.7 Å². The highest BCUT2D eigenvalue weighted by molar-refractivity contribution is 6.32. The first-order valence-corrected chi connectivity index (χ1v) is 10.7. The van der Waals surface area contributed by atoms with E-state index in [-0.39, 0.29) is 24.5 Å². The molecule has 2 heterocycles. The van der Waals surface area contributed by atoms with Crippen LogP contribution in [0.1, 0.15) is 34.3 Å². The minimum absolute atomic E-state index is 0.00177. The Hall–Kier alpha value is -3.06. The van der Waals surface area contributed by atoms with Gasteiger partial charge < -0.3 is 19.9 Å². The summed E-state index contributed by atoms with van der Waals surface area (Å²) in [5, 5.41) is 3.72. The van der Waals surface area contributed by atoms with E-state index >= 15 is 0 Å². The number of aryl methyl sites for hydroxylation is 2.